The molecule has 0 amide bonds. The van der Waals surface area contributed by atoms with Gasteiger partial charge in [-0.15, -0.1) is 0 Å². The molecule has 5 rings (SSSR count). The molecule has 4 aliphatic rings. The molecule has 2 N–H and O–H groups in total. The summed E-state index contributed by atoms with van der Waals surface area (Å²) in [5, 5.41) is 36.9. The smallest absolute Gasteiger partial charge is 0.393 e. The third kappa shape index (κ3) is 3.96. The second-order valence-corrected chi connectivity index (χ2v) is 11.8. The minimum absolute atomic E-state index is 0. The molecular formula is C24H39N4NaO2. The van der Waals surface area contributed by atoms with Gasteiger partial charge in [-0.3, -0.25) is 10.3 Å². The fourth-order valence-electron chi connectivity index (χ4n) is 9.00. The van der Waals surface area contributed by atoms with Crippen molar-refractivity contribution in [3.8, 4) is 0 Å². The van der Waals surface area contributed by atoms with Crippen LogP contribution in [0.15, 0.2) is 0 Å². The number of hydrogen-bond acceptors (Lipinski definition) is 5. The molecule has 0 spiro atoms. The predicted molar refractivity (Wildman–Crippen MR) is 113 cm³/mol. The van der Waals surface area contributed by atoms with Crippen LogP contribution in [0, 0.1) is 46.3 Å². The number of hydrogen-bond donors (Lipinski definition) is 2. The van der Waals surface area contributed by atoms with Crippen LogP contribution in [0.5, 0.6) is 0 Å². The van der Waals surface area contributed by atoms with E-state index < -0.39 is 0 Å². The standard InChI is InChI=1S/C24H39N4O2.Na/c1-14(4-7-21-25-27-28-26-21)17-5-6-18-22-19(9-11-24(17,18)3)23(2)10-8-16(29)12-15(23)13-20(22)30;/h14-20,22,29-30H,4-13H2,1-3H3;/q-1;+1/t14-,15+,16-,17-,18+,19+,20-,22+,23+,24-;/m1./s1. The molecular weight excluding hydrogens is 399 g/mol. The van der Waals surface area contributed by atoms with Crippen LogP contribution in [0.2, 0.25) is 0 Å². The van der Waals surface area contributed by atoms with E-state index in [0.717, 1.165) is 44.3 Å². The van der Waals surface area contributed by atoms with E-state index in [1.54, 1.807) is 0 Å². The molecule has 0 bridgehead atoms. The largest absolute Gasteiger partial charge is 1.00 e. The van der Waals surface area contributed by atoms with Crippen LogP contribution in [0.25, 0.3) is 0 Å². The van der Waals surface area contributed by atoms with Gasteiger partial charge in [0.05, 0.1) is 12.2 Å². The van der Waals surface area contributed by atoms with Gasteiger partial charge in [-0.2, -0.15) is 5.21 Å². The topological polar surface area (TPSA) is 93.2 Å². The van der Waals surface area contributed by atoms with Crippen molar-refractivity contribution in [2.24, 2.45) is 46.3 Å². The zero-order valence-corrected chi connectivity index (χ0v) is 21.9. The number of aliphatic hydroxyl groups excluding tert-OH is 2. The van der Waals surface area contributed by atoms with Crippen molar-refractivity contribution < 1.29 is 39.8 Å². The summed E-state index contributed by atoms with van der Waals surface area (Å²) < 4.78 is 0. The molecule has 1 aromatic heterocycles. The Morgan fingerprint density at radius 2 is 1.77 bits per heavy atom. The van der Waals surface area contributed by atoms with Gasteiger partial charge in [0.1, 0.15) is 0 Å². The number of aliphatic hydroxyl groups is 2. The van der Waals surface area contributed by atoms with Gasteiger partial charge < -0.3 is 15.3 Å². The molecule has 0 aromatic carbocycles. The van der Waals surface area contributed by atoms with Gasteiger partial charge in [-0.05, 0) is 111 Å². The molecule has 0 radical (unpaired) electrons. The van der Waals surface area contributed by atoms with Gasteiger partial charge >= 0.3 is 29.6 Å². The zero-order valence-electron chi connectivity index (χ0n) is 19.9. The van der Waals surface area contributed by atoms with E-state index in [0.29, 0.717) is 46.3 Å². The molecule has 4 saturated carbocycles. The first-order valence-corrected chi connectivity index (χ1v) is 12.4. The first kappa shape index (κ1) is 24.1. The Labute approximate surface area is 209 Å². The van der Waals surface area contributed by atoms with Gasteiger partial charge in [-0.1, -0.05) is 20.8 Å². The average Bonchev–Trinajstić information content (AvgIpc) is 3.35. The van der Waals surface area contributed by atoms with Crippen LogP contribution < -0.4 is 34.7 Å². The van der Waals surface area contributed by atoms with E-state index >= 15 is 0 Å². The minimum atomic E-state index is -0.188. The summed E-state index contributed by atoms with van der Waals surface area (Å²) in [6.07, 6.45) is 10.6. The minimum Gasteiger partial charge on any atom is -0.393 e. The Kier molecular flexibility index (Phi) is 6.99. The summed E-state index contributed by atoms with van der Waals surface area (Å²) in [6.45, 7) is 7.44. The van der Waals surface area contributed by atoms with Crippen LogP contribution in [-0.2, 0) is 6.42 Å². The van der Waals surface area contributed by atoms with Crippen LogP contribution in [0.3, 0.4) is 0 Å². The SMILES string of the molecule is C[C@H](CCc1nnn[n-]1)[C@H]1CC[C@H]2[C@@H]3[C@H](O)C[C@@H]4C[C@H](O)CC[C@]4(C)[C@H]3CC[C@]12C.[Na+]. The fourth-order valence-corrected chi connectivity index (χ4v) is 9.00. The van der Waals surface area contributed by atoms with Crippen molar-refractivity contribution >= 4 is 0 Å². The maximum absolute atomic E-state index is 11.3. The second-order valence-electron chi connectivity index (χ2n) is 11.8. The molecule has 4 aliphatic carbocycles. The molecule has 6 nitrogen and oxygen atoms in total. The number of fused-ring (bicyclic) bond motifs is 5. The van der Waals surface area contributed by atoms with Gasteiger partial charge in [0.2, 0.25) is 0 Å². The zero-order chi connectivity index (χ0) is 21.1. The maximum atomic E-state index is 11.3. The molecule has 7 heteroatoms. The molecule has 0 unspecified atom stereocenters. The fraction of sp³-hybridized carbons (Fsp3) is 0.958. The Morgan fingerprint density at radius 3 is 2.52 bits per heavy atom. The van der Waals surface area contributed by atoms with Crippen molar-refractivity contribution in [1.29, 1.82) is 0 Å². The molecule has 0 aliphatic heterocycles. The Morgan fingerprint density at radius 1 is 1.03 bits per heavy atom. The molecule has 10 atom stereocenters. The quantitative estimate of drug-likeness (QED) is 0.661. The van der Waals surface area contributed by atoms with Crippen LogP contribution >= 0.6 is 0 Å². The van der Waals surface area contributed by atoms with Crippen molar-refractivity contribution in [3.63, 3.8) is 0 Å². The summed E-state index contributed by atoms with van der Waals surface area (Å²) in [6, 6.07) is 0. The maximum Gasteiger partial charge on any atom is 1.00 e. The number of rotatable bonds is 4. The van der Waals surface area contributed by atoms with Gasteiger partial charge in [0.25, 0.3) is 0 Å². The van der Waals surface area contributed by atoms with Gasteiger partial charge in [-0.25, -0.2) is 0 Å². The van der Waals surface area contributed by atoms with Gasteiger partial charge in [0, 0.05) is 5.82 Å². The van der Waals surface area contributed by atoms with Crippen LogP contribution in [-0.4, -0.2) is 37.9 Å². The first-order valence-electron chi connectivity index (χ1n) is 12.4. The Hall–Kier alpha value is -0.0100. The Balaban J connectivity index is 0.00000231. The van der Waals surface area contributed by atoms with E-state index in [1.807, 2.05) is 0 Å². The Bertz CT molecular complexity index is 748. The number of tetrazole rings is 1. The van der Waals surface area contributed by atoms with E-state index in [4.69, 9.17) is 0 Å². The molecule has 1 aromatic rings. The monoisotopic (exact) mass is 438 g/mol. The third-order valence-corrected chi connectivity index (χ3v) is 10.6. The first-order chi connectivity index (χ1) is 14.3. The number of aromatic nitrogens is 4. The summed E-state index contributed by atoms with van der Waals surface area (Å²) in [5.74, 6) is 4.32. The summed E-state index contributed by atoms with van der Waals surface area (Å²) >= 11 is 0. The van der Waals surface area contributed by atoms with Crippen molar-refractivity contribution in [2.45, 2.75) is 97.2 Å². The molecule has 1 heterocycles. The summed E-state index contributed by atoms with van der Waals surface area (Å²) in [5.41, 5.74) is 0.644. The molecule has 0 saturated heterocycles. The molecule has 31 heavy (non-hydrogen) atoms. The molecule has 4 fully saturated rings. The van der Waals surface area contributed by atoms with E-state index in [9.17, 15) is 10.2 Å². The molecule has 168 valence electrons. The van der Waals surface area contributed by atoms with Crippen molar-refractivity contribution in [2.75, 3.05) is 0 Å². The number of nitrogens with zero attached hydrogens (tertiary/aromatic N) is 4. The van der Waals surface area contributed by atoms with E-state index in [1.165, 1.54) is 25.7 Å². The van der Waals surface area contributed by atoms with E-state index in [2.05, 4.69) is 41.4 Å². The summed E-state index contributed by atoms with van der Waals surface area (Å²) in [4.78, 5) is 0. The third-order valence-electron chi connectivity index (χ3n) is 10.6. The second kappa shape index (κ2) is 8.98. The summed E-state index contributed by atoms with van der Waals surface area (Å²) in [7, 11) is 0. The predicted octanol–water partition coefficient (Wildman–Crippen LogP) is 0.392. The van der Waals surface area contributed by atoms with E-state index in [-0.39, 0.29) is 41.8 Å². The van der Waals surface area contributed by atoms with Crippen LogP contribution in [0.4, 0.5) is 0 Å². The van der Waals surface area contributed by atoms with Crippen LogP contribution in [0.1, 0.15) is 84.4 Å². The number of aryl methyl sites for hydroxylation is 1. The van der Waals surface area contributed by atoms with Gasteiger partial charge in [0.15, 0.2) is 0 Å². The normalized spacial score (nSPS) is 47.6. The average molecular weight is 439 g/mol. The van der Waals surface area contributed by atoms with Crippen molar-refractivity contribution in [3.05, 3.63) is 5.82 Å². The van der Waals surface area contributed by atoms with Crippen molar-refractivity contribution in [1.82, 2.24) is 20.6 Å².